The van der Waals surface area contributed by atoms with E-state index in [1.54, 1.807) is 17.2 Å². The Kier molecular flexibility index (Phi) is 5.33. The van der Waals surface area contributed by atoms with Crippen molar-refractivity contribution in [1.82, 2.24) is 15.2 Å². The number of halogens is 1. The second-order valence-electron chi connectivity index (χ2n) is 5.86. The number of aliphatic hydroxyl groups excluding tert-OH is 1. The molecular formula is C18H20ClN3O2. The summed E-state index contributed by atoms with van der Waals surface area (Å²) in [6.45, 7) is 0.639. The molecule has 2 N–H and O–H groups in total. The minimum atomic E-state index is -0.391. The lowest BCUT2D eigenvalue weighted by Crippen LogP contribution is -2.45. The number of rotatable bonds is 4. The third kappa shape index (κ3) is 3.68. The molecule has 2 atom stereocenters. The van der Waals surface area contributed by atoms with Gasteiger partial charge in [-0.15, -0.1) is 0 Å². The standard InChI is InChI=1S/C18H20ClN3O2/c19-14-6-3-5-13(11-14)17(16-8-1-2-9-20-16)21-18(24)22-10-4-7-15(22)12-23/h1-3,5-6,8-9,11,15,17,23H,4,7,10,12H2,(H,21,24)/t15-,17+/m0/s1. The van der Waals surface area contributed by atoms with Crippen LogP contribution in [0, 0.1) is 0 Å². The van der Waals surface area contributed by atoms with Crippen LogP contribution < -0.4 is 5.32 Å². The number of hydrogen-bond donors (Lipinski definition) is 2. The quantitative estimate of drug-likeness (QED) is 0.895. The number of nitrogens with zero attached hydrogens (tertiary/aromatic N) is 2. The number of urea groups is 1. The van der Waals surface area contributed by atoms with E-state index >= 15 is 0 Å². The van der Waals surface area contributed by atoms with Gasteiger partial charge in [-0.25, -0.2) is 4.79 Å². The molecule has 1 fully saturated rings. The summed E-state index contributed by atoms with van der Waals surface area (Å²) in [5, 5.41) is 13.1. The van der Waals surface area contributed by atoms with Gasteiger partial charge >= 0.3 is 6.03 Å². The molecule has 0 saturated carbocycles. The SMILES string of the molecule is O=C(N[C@H](c1cccc(Cl)c1)c1ccccn1)N1CCC[C@H]1CO. The number of benzene rings is 1. The van der Waals surface area contributed by atoms with Crippen LogP contribution >= 0.6 is 11.6 Å². The van der Waals surface area contributed by atoms with Crippen LogP contribution in [0.5, 0.6) is 0 Å². The molecule has 24 heavy (non-hydrogen) atoms. The van der Waals surface area contributed by atoms with Gasteiger partial charge in [0.15, 0.2) is 0 Å². The molecule has 2 heterocycles. The normalized spacial score (nSPS) is 18.4. The predicted octanol–water partition coefficient (Wildman–Crippen LogP) is 2.99. The summed E-state index contributed by atoms with van der Waals surface area (Å²) < 4.78 is 0. The Balaban J connectivity index is 1.87. The van der Waals surface area contributed by atoms with Crippen LogP contribution in [0.4, 0.5) is 4.79 Å². The first-order valence-corrected chi connectivity index (χ1v) is 8.41. The zero-order chi connectivity index (χ0) is 16.9. The van der Waals surface area contributed by atoms with Gasteiger partial charge in [-0.3, -0.25) is 4.98 Å². The van der Waals surface area contributed by atoms with Crippen molar-refractivity contribution in [2.24, 2.45) is 0 Å². The Morgan fingerprint density at radius 3 is 2.96 bits per heavy atom. The van der Waals surface area contributed by atoms with E-state index in [-0.39, 0.29) is 18.7 Å². The highest BCUT2D eigenvalue weighted by Gasteiger charge is 2.30. The molecule has 1 aliphatic heterocycles. The highest BCUT2D eigenvalue weighted by molar-refractivity contribution is 6.30. The van der Waals surface area contributed by atoms with E-state index in [1.807, 2.05) is 36.4 Å². The summed E-state index contributed by atoms with van der Waals surface area (Å²) in [4.78, 5) is 18.8. The lowest BCUT2D eigenvalue weighted by molar-refractivity contribution is 0.155. The van der Waals surface area contributed by atoms with Crippen LogP contribution in [0.25, 0.3) is 0 Å². The van der Waals surface area contributed by atoms with Gasteiger partial charge in [-0.05, 0) is 42.7 Å². The summed E-state index contributed by atoms with van der Waals surface area (Å²) in [7, 11) is 0. The van der Waals surface area contributed by atoms with E-state index in [9.17, 15) is 9.90 Å². The van der Waals surface area contributed by atoms with Gasteiger partial charge in [-0.1, -0.05) is 29.8 Å². The van der Waals surface area contributed by atoms with E-state index in [0.29, 0.717) is 11.6 Å². The highest BCUT2D eigenvalue weighted by Crippen LogP contribution is 2.24. The number of aliphatic hydroxyl groups is 1. The summed E-state index contributed by atoms with van der Waals surface area (Å²) in [6, 6.07) is 12.3. The van der Waals surface area contributed by atoms with Gasteiger partial charge in [-0.2, -0.15) is 0 Å². The maximum atomic E-state index is 12.7. The van der Waals surface area contributed by atoms with Crippen LogP contribution in [-0.2, 0) is 0 Å². The summed E-state index contributed by atoms with van der Waals surface area (Å²) >= 11 is 6.11. The Hall–Kier alpha value is -2.11. The Morgan fingerprint density at radius 1 is 1.38 bits per heavy atom. The first-order valence-electron chi connectivity index (χ1n) is 8.03. The first kappa shape index (κ1) is 16.7. The topological polar surface area (TPSA) is 65.5 Å². The molecule has 2 aromatic rings. The van der Waals surface area contributed by atoms with Crippen LogP contribution in [0.2, 0.25) is 5.02 Å². The number of amides is 2. The van der Waals surface area contributed by atoms with E-state index in [2.05, 4.69) is 10.3 Å². The Bertz CT molecular complexity index is 696. The van der Waals surface area contributed by atoms with Crippen molar-refractivity contribution in [3.05, 3.63) is 64.9 Å². The molecule has 2 amide bonds. The largest absolute Gasteiger partial charge is 0.394 e. The molecule has 0 aliphatic carbocycles. The molecule has 0 bridgehead atoms. The van der Waals surface area contributed by atoms with Crippen molar-refractivity contribution < 1.29 is 9.90 Å². The minimum Gasteiger partial charge on any atom is -0.394 e. The number of likely N-dealkylation sites (tertiary alicyclic amines) is 1. The third-order valence-electron chi connectivity index (χ3n) is 4.28. The first-order chi connectivity index (χ1) is 11.7. The van der Waals surface area contributed by atoms with Crippen LogP contribution in [0.3, 0.4) is 0 Å². The molecular weight excluding hydrogens is 326 g/mol. The molecule has 1 aliphatic rings. The lowest BCUT2D eigenvalue weighted by atomic mass is 10.0. The molecule has 0 spiro atoms. The smallest absolute Gasteiger partial charge is 0.318 e. The van der Waals surface area contributed by atoms with Gasteiger partial charge in [0.1, 0.15) is 0 Å². The summed E-state index contributed by atoms with van der Waals surface area (Å²) in [5.74, 6) is 0. The molecule has 1 saturated heterocycles. The molecule has 3 rings (SSSR count). The van der Waals surface area contributed by atoms with Crippen LogP contribution in [0.1, 0.15) is 30.1 Å². The molecule has 6 heteroatoms. The summed E-state index contributed by atoms with van der Waals surface area (Å²) in [6.07, 6.45) is 3.44. The van der Waals surface area contributed by atoms with Crippen molar-refractivity contribution in [3.63, 3.8) is 0 Å². The fourth-order valence-electron chi connectivity index (χ4n) is 3.06. The van der Waals surface area contributed by atoms with Crippen LogP contribution in [-0.4, -0.2) is 40.2 Å². The molecule has 126 valence electrons. The molecule has 0 radical (unpaired) electrons. The maximum absolute atomic E-state index is 12.7. The van der Waals surface area contributed by atoms with Crippen molar-refractivity contribution in [2.75, 3.05) is 13.2 Å². The van der Waals surface area contributed by atoms with E-state index in [0.717, 1.165) is 24.1 Å². The van der Waals surface area contributed by atoms with Gasteiger partial charge in [0.25, 0.3) is 0 Å². The fourth-order valence-corrected chi connectivity index (χ4v) is 3.26. The second-order valence-corrected chi connectivity index (χ2v) is 6.30. The Labute approximate surface area is 146 Å². The zero-order valence-corrected chi connectivity index (χ0v) is 14.0. The van der Waals surface area contributed by atoms with Crippen molar-refractivity contribution >= 4 is 17.6 Å². The maximum Gasteiger partial charge on any atom is 0.318 e. The van der Waals surface area contributed by atoms with E-state index in [4.69, 9.17) is 11.6 Å². The van der Waals surface area contributed by atoms with E-state index in [1.165, 1.54) is 0 Å². The monoisotopic (exact) mass is 345 g/mol. The number of carbonyl (C=O) groups excluding carboxylic acids is 1. The number of hydrogen-bond acceptors (Lipinski definition) is 3. The molecule has 0 unspecified atom stereocenters. The average molecular weight is 346 g/mol. The van der Waals surface area contributed by atoms with Crippen molar-refractivity contribution in [1.29, 1.82) is 0 Å². The van der Waals surface area contributed by atoms with Gasteiger partial charge in [0, 0.05) is 17.8 Å². The van der Waals surface area contributed by atoms with Gasteiger partial charge in [0.05, 0.1) is 24.4 Å². The third-order valence-corrected chi connectivity index (χ3v) is 4.52. The van der Waals surface area contributed by atoms with E-state index < -0.39 is 6.04 Å². The highest BCUT2D eigenvalue weighted by atomic mass is 35.5. The second kappa shape index (κ2) is 7.64. The number of aromatic nitrogens is 1. The minimum absolute atomic E-state index is 0.0150. The van der Waals surface area contributed by atoms with Crippen LogP contribution in [0.15, 0.2) is 48.7 Å². The molecule has 5 nitrogen and oxygen atoms in total. The molecule has 1 aromatic carbocycles. The Morgan fingerprint density at radius 2 is 2.25 bits per heavy atom. The average Bonchev–Trinajstić information content (AvgIpc) is 3.09. The van der Waals surface area contributed by atoms with Gasteiger partial charge < -0.3 is 15.3 Å². The number of pyridine rings is 1. The summed E-state index contributed by atoms with van der Waals surface area (Å²) in [5.41, 5.74) is 1.61. The van der Waals surface area contributed by atoms with Crippen molar-refractivity contribution in [3.8, 4) is 0 Å². The van der Waals surface area contributed by atoms with Gasteiger partial charge in [0.2, 0.25) is 0 Å². The number of carbonyl (C=O) groups is 1. The molecule has 1 aromatic heterocycles. The fraction of sp³-hybridized carbons (Fsp3) is 0.333. The van der Waals surface area contributed by atoms with Crippen molar-refractivity contribution in [2.45, 2.75) is 24.9 Å². The lowest BCUT2D eigenvalue weighted by Gasteiger charge is -2.27. The number of nitrogens with one attached hydrogen (secondary N) is 1. The zero-order valence-electron chi connectivity index (χ0n) is 13.2. The predicted molar refractivity (Wildman–Crippen MR) is 92.9 cm³/mol.